The largest absolute Gasteiger partial charge is 0.508 e. The van der Waals surface area contributed by atoms with Crippen molar-refractivity contribution in [3.63, 3.8) is 0 Å². The summed E-state index contributed by atoms with van der Waals surface area (Å²) >= 11 is 6.58. The number of ether oxygens (including phenoxy) is 4. The highest BCUT2D eigenvalue weighted by atomic mass is 35.5. The first-order valence-electron chi connectivity index (χ1n) is 14.3. The molecule has 3 aromatic rings. The van der Waals surface area contributed by atoms with Crippen molar-refractivity contribution in [3.05, 3.63) is 94.0 Å². The minimum absolute atomic E-state index is 0.0495. The van der Waals surface area contributed by atoms with Crippen molar-refractivity contribution in [1.82, 2.24) is 0 Å². The molecule has 1 heterocycles. The number of aliphatic hydroxyl groups excluding tert-OH is 1. The molecule has 3 unspecified atom stereocenters. The summed E-state index contributed by atoms with van der Waals surface area (Å²) in [4.78, 5) is 0. The van der Waals surface area contributed by atoms with E-state index >= 15 is 0 Å². The molecule has 0 spiro atoms. The Kier molecular flexibility index (Phi) is 12.1. The van der Waals surface area contributed by atoms with Gasteiger partial charge in [-0.3, -0.25) is 0 Å². The average molecular weight is 569 g/mol. The second-order valence-electron chi connectivity index (χ2n) is 10.3. The molecule has 0 aliphatic carbocycles. The Bertz CT molecular complexity index is 1150. The second-order valence-corrected chi connectivity index (χ2v) is 10.7. The molecule has 4 rings (SSSR count). The fraction of sp³-hybridized carbons (Fsp3) is 0.455. The molecular formula is C33H41ClO6. The number of hydrogen-bond donors (Lipinski definition) is 2. The van der Waals surface area contributed by atoms with Gasteiger partial charge in [-0.25, -0.2) is 0 Å². The molecule has 2 N–H and O–H groups in total. The summed E-state index contributed by atoms with van der Waals surface area (Å²) in [6, 6.07) is 21.7. The molecule has 3 aromatic carbocycles. The Balaban J connectivity index is 1.47. The van der Waals surface area contributed by atoms with Crippen molar-refractivity contribution in [1.29, 1.82) is 0 Å². The number of hydrogen-bond acceptors (Lipinski definition) is 6. The number of rotatable bonds is 15. The third-order valence-electron chi connectivity index (χ3n) is 7.11. The van der Waals surface area contributed by atoms with Gasteiger partial charge in [-0.15, -0.1) is 0 Å². The van der Waals surface area contributed by atoms with Crippen molar-refractivity contribution in [2.45, 2.75) is 70.4 Å². The van der Waals surface area contributed by atoms with Gasteiger partial charge in [0.25, 0.3) is 0 Å². The van der Waals surface area contributed by atoms with Gasteiger partial charge >= 0.3 is 0 Å². The molecular weight excluding hydrogens is 528 g/mol. The second kappa shape index (κ2) is 16.0. The Morgan fingerprint density at radius 2 is 1.75 bits per heavy atom. The molecule has 3 atom stereocenters. The number of benzene rings is 3. The van der Waals surface area contributed by atoms with Gasteiger partial charge < -0.3 is 29.2 Å². The van der Waals surface area contributed by atoms with E-state index in [1.54, 1.807) is 6.07 Å². The Morgan fingerprint density at radius 3 is 2.50 bits per heavy atom. The van der Waals surface area contributed by atoms with Gasteiger partial charge in [-0.1, -0.05) is 54.1 Å². The van der Waals surface area contributed by atoms with Crippen molar-refractivity contribution in [3.8, 4) is 11.5 Å². The maximum Gasteiger partial charge on any atom is 0.122 e. The standard InChI is InChI=1S/C33H41ClO6/c1-2-38-27-13-11-24(12-14-27)17-26-18-30(32(36)21-31(26)34)33-20-28(39-22-25-9-5-3-6-10-25)19-29(40-33)23-37-16-8-4-7-15-35/h3,5-6,9-14,18,21,28-29,33,35-36H,2,4,7-8,15-17,19-20,22-23H2,1H3. The minimum atomic E-state index is -0.353. The number of unbranched alkanes of at least 4 members (excludes halogenated alkanes) is 2. The summed E-state index contributed by atoms with van der Waals surface area (Å²) in [6.45, 7) is 4.39. The van der Waals surface area contributed by atoms with Crippen LogP contribution >= 0.6 is 11.6 Å². The molecule has 1 aliphatic rings. The fourth-order valence-electron chi connectivity index (χ4n) is 5.02. The maximum atomic E-state index is 10.9. The third-order valence-corrected chi connectivity index (χ3v) is 7.46. The predicted molar refractivity (Wildman–Crippen MR) is 157 cm³/mol. The Hall–Kier alpha value is -2.61. The molecule has 6 nitrogen and oxygen atoms in total. The van der Waals surface area contributed by atoms with Crippen LogP contribution in [0.2, 0.25) is 5.02 Å². The highest BCUT2D eigenvalue weighted by Crippen LogP contribution is 2.40. The predicted octanol–water partition coefficient (Wildman–Crippen LogP) is 7.02. The van der Waals surface area contributed by atoms with E-state index in [0.717, 1.165) is 41.7 Å². The molecule has 7 heteroatoms. The lowest BCUT2D eigenvalue weighted by Crippen LogP contribution is -2.36. The van der Waals surface area contributed by atoms with Crippen molar-refractivity contribution >= 4 is 11.6 Å². The normalized spacial score (nSPS) is 19.0. The SMILES string of the molecule is CCOc1ccc(Cc2cc(C3CC(OCc4ccccc4)CC(COCCCCCO)O3)c(O)cc2Cl)cc1. The zero-order chi connectivity index (χ0) is 28.2. The van der Waals surface area contributed by atoms with E-state index in [-0.39, 0.29) is 30.7 Å². The topological polar surface area (TPSA) is 77.4 Å². The highest BCUT2D eigenvalue weighted by Gasteiger charge is 2.33. The van der Waals surface area contributed by atoms with Crippen LogP contribution in [0.5, 0.6) is 11.5 Å². The van der Waals surface area contributed by atoms with Crippen LogP contribution in [0.4, 0.5) is 0 Å². The zero-order valence-corrected chi connectivity index (χ0v) is 24.0. The number of aromatic hydroxyl groups is 1. The summed E-state index contributed by atoms with van der Waals surface area (Å²) in [7, 11) is 0. The van der Waals surface area contributed by atoms with Crippen molar-refractivity contribution < 1.29 is 29.2 Å². The maximum absolute atomic E-state index is 10.9. The lowest BCUT2D eigenvalue weighted by molar-refractivity contribution is -0.141. The molecule has 0 amide bonds. The van der Waals surface area contributed by atoms with Crippen molar-refractivity contribution in [2.24, 2.45) is 0 Å². The molecule has 1 saturated heterocycles. The number of phenolic OH excluding ortho intramolecular Hbond substituents is 1. The number of halogens is 1. The van der Waals surface area contributed by atoms with E-state index in [4.69, 9.17) is 35.7 Å². The van der Waals surface area contributed by atoms with Crippen LogP contribution in [0.3, 0.4) is 0 Å². The van der Waals surface area contributed by atoms with Gasteiger partial charge in [0.1, 0.15) is 11.5 Å². The van der Waals surface area contributed by atoms with Crippen LogP contribution in [0.25, 0.3) is 0 Å². The minimum Gasteiger partial charge on any atom is -0.508 e. The van der Waals surface area contributed by atoms with Crippen molar-refractivity contribution in [2.75, 3.05) is 26.4 Å². The van der Waals surface area contributed by atoms with E-state index in [0.29, 0.717) is 56.3 Å². The fourth-order valence-corrected chi connectivity index (χ4v) is 5.25. The summed E-state index contributed by atoms with van der Waals surface area (Å²) in [5.41, 5.74) is 3.86. The lowest BCUT2D eigenvalue weighted by Gasteiger charge is -2.36. The first-order valence-corrected chi connectivity index (χ1v) is 14.7. The lowest BCUT2D eigenvalue weighted by atomic mass is 9.93. The smallest absolute Gasteiger partial charge is 0.122 e. The zero-order valence-electron chi connectivity index (χ0n) is 23.3. The van der Waals surface area contributed by atoms with E-state index in [1.165, 1.54) is 0 Å². The monoisotopic (exact) mass is 568 g/mol. The molecule has 216 valence electrons. The molecule has 40 heavy (non-hydrogen) atoms. The van der Waals surface area contributed by atoms with Crippen LogP contribution in [-0.2, 0) is 27.2 Å². The summed E-state index contributed by atoms with van der Waals surface area (Å²) in [5.74, 6) is 0.959. The van der Waals surface area contributed by atoms with Gasteiger partial charge in [-0.05, 0) is 73.6 Å². The first kappa shape index (κ1) is 30.4. The highest BCUT2D eigenvalue weighted by molar-refractivity contribution is 6.31. The van der Waals surface area contributed by atoms with Gasteiger partial charge in [0.05, 0.1) is 38.1 Å². The van der Waals surface area contributed by atoms with E-state index < -0.39 is 0 Å². The van der Waals surface area contributed by atoms with E-state index in [2.05, 4.69) is 12.1 Å². The number of aliphatic hydroxyl groups is 1. The number of phenols is 1. The van der Waals surface area contributed by atoms with Crippen LogP contribution in [0, 0.1) is 0 Å². The molecule has 1 fully saturated rings. The summed E-state index contributed by atoms with van der Waals surface area (Å²) in [5, 5.41) is 20.4. The Morgan fingerprint density at radius 1 is 0.950 bits per heavy atom. The first-order chi connectivity index (χ1) is 19.6. The van der Waals surface area contributed by atoms with Gasteiger partial charge in [0.15, 0.2) is 0 Å². The molecule has 0 aromatic heterocycles. The van der Waals surface area contributed by atoms with Crippen LogP contribution < -0.4 is 4.74 Å². The molecule has 0 bridgehead atoms. The average Bonchev–Trinajstić information content (AvgIpc) is 2.97. The Labute approximate surface area is 242 Å². The van der Waals surface area contributed by atoms with Gasteiger partial charge in [0.2, 0.25) is 0 Å². The van der Waals surface area contributed by atoms with Crippen LogP contribution in [0.15, 0.2) is 66.7 Å². The molecule has 1 aliphatic heterocycles. The summed E-state index contributed by atoms with van der Waals surface area (Å²) in [6.07, 6.45) is 4.02. The summed E-state index contributed by atoms with van der Waals surface area (Å²) < 4.78 is 24.3. The third kappa shape index (κ3) is 9.22. The van der Waals surface area contributed by atoms with Crippen LogP contribution in [0.1, 0.15) is 67.4 Å². The molecule has 0 saturated carbocycles. The van der Waals surface area contributed by atoms with E-state index in [9.17, 15) is 5.11 Å². The van der Waals surface area contributed by atoms with Crippen LogP contribution in [-0.4, -0.2) is 48.8 Å². The molecule has 0 radical (unpaired) electrons. The van der Waals surface area contributed by atoms with Gasteiger partial charge in [-0.2, -0.15) is 0 Å². The van der Waals surface area contributed by atoms with Gasteiger partial charge in [0, 0.05) is 36.6 Å². The van der Waals surface area contributed by atoms with E-state index in [1.807, 2.05) is 55.5 Å². The quantitative estimate of drug-likeness (QED) is 0.192.